The average Bonchev–Trinajstić information content (AvgIpc) is 3.04. The van der Waals surface area contributed by atoms with Gasteiger partial charge >= 0.3 is 0 Å². The van der Waals surface area contributed by atoms with Crippen LogP contribution >= 0.6 is 0 Å². The van der Waals surface area contributed by atoms with Gasteiger partial charge in [0.05, 0.1) is 29.6 Å². The van der Waals surface area contributed by atoms with E-state index in [1.807, 2.05) is 53.2 Å². The van der Waals surface area contributed by atoms with E-state index in [1.54, 1.807) is 19.2 Å². The smallest absolute Gasteiger partial charge is 0.282 e. The van der Waals surface area contributed by atoms with Crippen molar-refractivity contribution in [1.29, 1.82) is 5.26 Å². The van der Waals surface area contributed by atoms with Crippen molar-refractivity contribution in [3.63, 3.8) is 0 Å². The highest BCUT2D eigenvalue weighted by atomic mass is 16.1. The Morgan fingerprint density at radius 2 is 1.89 bits per heavy atom. The quantitative estimate of drug-likeness (QED) is 0.526. The largest absolute Gasteiger partial charge is 0.346 e. The van der Waals surface area contributed by atoms with Crippen LogP contribution in [0.2, 0.25) is 0 Å². The van der Waals surface area contributed by atoms with Crippen molar-refractivity contribution < 1.29 is 0 Å². The first-order valence-corrected chi connectivity index (χ1v) is 8.66. The summed E-state index contributed by atoms with van der Waals surface area (Å²) in [5, 5.41) is 14.8. The highest BCUT2D eigenvalue weighted by Crippen LogP contribution is 2.20. The lowest BCUT2D eigenvalue weighted by Gasteiger charge is -2.04. The van der Waals surface area contributed by atoms with E-state index in [9.17, 15) is 4.79 Å². The van der Waals surface area contributed by atoms with Crippen molar-refractivity contribution in [3.8, 4) is 6.07 Å². The maximum absolute atomic E-state index is 12.7. The van der Waals surface area contributed by atoms with Crippen LogP contribution in [-0.2, 0) is 6.54 Å². The van der Waals surface area contributed by atoms with Gasteiger partial charge in [0.15, 0.2) is 0 Å². The molecule has 0 aliphatic rings. The lowest BCUT2D eigenvalue weighted by Crippen LogP contribution is -2.20. The number of aryl methyl sites for hydroxylation is 2. The van der Waals surface area contributed by atoms with Crippen LogP contribution in [0.3, 0.4) is 0 Å². The minimum absolute atomic E-state index is 0.192. The molecule has 0 saturated carbocycles. The molecule has 0 radical (unpaired) electrons. The summed E-state index contributed by atoms with van der Waals surface area (Å²) in [7, 11) is 0. The summed E-state index contributed by atoms with van der Waals surface area (Å²) in [6.07, 6.45) is 4.07. The van der Waals surface area contributed by atoms with E-state index in [-0.39, 0.29) is 5.56 Å². The topological polar surface area (TPSA) is 76.0 Å². The fourth-order valence-corrected chi connectivity index (χ4v) is 3.22. The minimum Gasteiger partial charge on any atom is -0.346 e. The van der Waals surface area contributed by atoms with Crippen LogP contribution in [0.25, 0.3) is 21.8 Å². The van der Waals surface area contributed by atoms with E-state index < -0.39 is 0 Å². The molecule has 4 rings (SSSR count). The molecule has 27 heavy (non-hydrogen) atoms. The first-order valence-electron chi connectivity index (χ1n) is 8.66. The first-order chi connectivity index (χ1) is 13.2. The molecule has 0 bridgehead atoms. The Bertz CT molecular complexity index is 1270. The van der Waals surface area contributed by atoms with E-state index in [0.717, 1.165) is 16.5 Å². The molecule has 2 aromatic carbocycles. The molecular formula is C21H17N5O. The third kappa shape index (κ3) is 3.00. The summed E-state index contributed by atoms with van der Waals surface area (Å²) in [6.45, 7) is 2.38. The van der Waals surface area contributed by atoms with Gasteiger partial charge < -0.3 is 4.57 Å². The van der Waals surface area contributed by atoms with E-state index in [1.165, 1.54) is 4.68 Å². The number of benzene rings is 2. The van der Waals surface area contributed by atoms with E-state index in [4.69, 9.17) is 5.26 Å². The average molecular weight is 355 g/mol. The van der Waals surface area contributed by atoms with Crippen molar-refractivity contribution in [1.82, 2.24) is 14.2 Å². The molecule has 0 unspecified atom stereocenters. The third-order valence-corrected chi connectivity index (χ3v) is 4.51. The van der Waals surface area contributed by atoms with Crippen LogP contribution in [-0.4, -0.2) is 20.4 Å². The minimum atomic E-state index is -0.192. The summed E-state index contributed by atoms with van der Waals surface area (Å²) in [5.74, 6) is 0.531. The second-order valence-corrected chi connectivity index (χ2v) is 6.24. The van der Waals surface area contributed by atoms with Crippen molar-refractivity contribution in [2.75, 3.05) is 0 Å². The number of para-hydroxylation sites is 2. The fourth-order valence-electron chi connectivity index (χ4n) is 3.22. The SMILES string of the molecule is Cc1nc2ccccc2c(=O)n1/N=C\c1cn(CCC#N)c2ccccc12. The molecule has 0 amide bonds. The summed E-state index contributed by atoms with van der Waals surface area (Å²) >= 11 is 0. The molecule has 6 heteroatoms. The number of nitriles is 1. The fraction of sp³-hybridized carbons (Fsp3) is 0.143. The lowest BCUT2D eigenvalue weighted by atomic mass is 10.2. The van der Waals surface area contributed by atoms with Gasteiger partial charge in [0.2, 0.25) is 0 Å². The molecule has 0 saturated heterocycles. The monoisotopic (exact) mass is 355 g/mol. The Hall–Kier alpha value is -3.72. The summed E-state index contributed by atoms with van der Waals surface area (Å²) in [5.41, 5.74) is 2.40. The van der Waals surface area contributed by atoms with Gasteiger partial charge in [0.25, 0.3) is 5.56 Å². The maximum atomic E-state index is 12.7. The van der Waals surface area contributed by atoms with Gasteiger partial charge in [-0.1, -0.05) is 30.3 Å². The van der Waals surface area contributed by atoms with Crippen molar-refractivity contribution >= 4 is 28.0 Å². The van der Waals surface area contributed by atoms with Gasteiger partial charge in [-0.2, -0.15) is 15.0 Å². The highest BCUT2D eigenvalue weighted by molar-refractivity contribution is 5.99. The highest BCUT2D eigenvalue weighted by Gasteiger charge is 2.09. The summed E-state index contributed by atoms with van der Waals surface area (Å²) in [4.78, 5) is 17.2. The Labute approximate surface area is 155 Å². The number of rotatable bonds is 4. The predicted octanol–water partition coefficient (Wildman–Crippen LogP) is 3.46. The molecule has 0 aliphatic heterocycles. The van der Waals surface area contributed by atoms with Crippen molar-refractivity contribution in [3.05, 3.63) is 76.5 Å². The normalized spacial score (nSPS) is 11.4. The molecular weight excluding hydrogens is 338 g/mol. The van der Waals surface area contributed by atoms with Crippen LogP contribution in [0.5, 0.6) is 0 Å². The number of nitrogens with zero attached hydrogens (tertiary/aromatic N) is 5. The Balaban J connectivity index is 1.81. The summed E-state index contributed by atoms with van der Waals surface area (Å²) < 4.78 is 3.36. The van der Waals surface area contributed by atoms with Gasteiger partial charge in [-0.3, -0.25) is 4.79 Å². The van der Waals surface area contributed by atoms with E-state index >= 15 is 0 Å². The molecule has 6 nitrogen and oxygen atoms in total. The lowest BCUT2D eigenvalue weighted by molar-refractivity contribution is 0.743. The van der Waals surface area contributed by atoms with Gasteiger partial charge in [0.1, 0.15) is 5.82 Å². The number of fused-ring (bicyclic) bond motifs is 2. The van der Waals surface area contributed by atoms with Gasteiger partial charge in [-0.15, -0.1) is 0 Å². The zero-order valence-corrected chi connectivity index (χ0v) is 14.8. The van der Waals surface area contributed by atoms with Crippen LogP contribution in [0.15, 0.2) is 64.6 Å². The Kier molecular flexibility index (Phi) is 4.27. The number of hydrogen-bond acceptors (Lipinski definition) is 4. The molecule has 2 aromatic heterocycles. The number of hydrogen-bond donors (Lipinski definition) is 0. The zero-order chi connectivity index (χ0) is 18.8. The Morgan fingerprint density at radius 3 is 2.70 bits per heavy atom. The first kappa shape index (κ1) is 16.7. The predicted molar refractivity (Wildman–Crippen MR) is 106 cm³/mol. The van der Waals surface area contributed by atoms with Crippen LogP contribution in [0.4, 0.5) is 0 Å². The van der Waals surface area contributed by atoms with Gasteiger partial charge in [0, 0.05) is 29.2 Å². The third-order valence-electron chi connectivity index (χ3n) is 4.51. The van der Waals surface area contributed by atoms with Crippen molar-refractivity contribution in [2.24, 2.45) is 5.10 Å². The van der Waals surface area contributed by atoms with E-state index in [0.29, 0.717) is 29.7 Å². The Morgan fingerprint density at radius 1 is 1.15 bits per heavy atom. The second kappa shape index (κ2) is 6.89. The summed E-state index contributed by atoms with van der Waals surface area (Å²) in [6, 6.07) is 17.4. The molecule has 0 fully saturated rings. The molecule has 2 heterocycles. The van der Waals surface area contributed by atoms with Crippen LogP contribution in [0, 0.1) is 18.3 Å². The standard InChI is InChI=1S/C21H17N5O/c1-15-24-19-9-4-2-8-18(19)21(27)26(15)23-13-16-14-25(12-6-11-22)20-10-5-3-7-17(16)20/h2-5,7-10,13-14H,6,12H2,1H3/b23-13-. The van der Waals surface area contributed by atoms with Crippen molar-refractivity contribution in [2.45, 2.75) is 19.9 Å². The van der Waals surface area contributed by atoms with Gasteiger partial charge in [-0.05, 0) is 25.1 Å². The molecule has 0 N–H and O–H groups in total. The number of aromatic nitrogens is 3. The maximum Gasteiger partial charge on any atom is 0.282 e. The zero-order valence-electron chi connectivity index (χ0n) is 14.8. The van der Waals surface area contributed by atoms with Gasteiger partial charge in [-0.25, -0.2) is 4.98 Å². The second-order valence-electron chi connectivity index (χ2n) is 6.24. The molecule has 132 valence electrons. The van der Waals surface area contributed by atoms with Crippen LogP contribution in [0.1, 0.15) is 17.8 Å². The molecule has 0 spiro atoms. The molecule has 0 atom stereocenters. The van der Waals surface area contributed by atoms with E-state index in [2.05, 4.69) is 16.2 Å². The van der Waals surface area contributed by atoms with Crippen LogP contribution < -0.4 is 5.56 Å². The molecule has 0 aliphatic carbocycles. The molecule has 4 aromatic rings.